The highest BCUT2D eigenvalue weighted by molar-refractivity contribution is 5.55. The first kappa shape index (κ1) is 22.7. The molecular formula is C28H36N2O. The van der Waals surface area contributed by atoms with E-state index in [1.165, 1.54) is 33.6 Å². The average Bonchev–Trinajstić information content (AvgIpc) is 2.74. The zero-order valence-corrected chi connectivity index (χ0v) is 20.2. The maximum Gasteiger partial charge on any atom is 0.122 e. The standard InChI is InChI=1S/C28H36N2O/c1-28(2,3)25-19-22(13-18-26(25)31-8)27(20-9-14-23(15-10-20)29(4)5)21-11-16-24(17-12-21)30(6)7/h9-19,27H,1-8H3. The van der Waals surface area contributed by atoms with Crippen LogP contribution in [-0.4, -0.2) is 35.3 Å². The molecule has 3 heteroatoms. The van der Waals surface area contributed by atoms with E-state index >= 15 is 0 Å². The summed E-state index contributed by atoms with van der Waals surface area (Å²) < 4.78 is 5.69. The van der Waals surface area contributed by atoms with Crippen LogP contribution in [0.15, 0.2) is 66.7 Å². The van der Waals surface area contributed by atoms with Gasteiger partial charge in [0, 0.05) is 45.5 Å². The van der Waals surface area contributed by atoms with Gasteiger partial charge in [0.1, 0.15) is 5.75 Å². The van der Waals surface area contributed by atoms with Crippen LogP contribution in [0.25, 0.3) is 0 Å². The second kappa shape index (κ2) is 9.05. The van der Waals surface area contributed by atoms with Crippen LogP contribution in [0.2, 0.25) is 0 Å². The Morgan fingerprint density at radius 2 is 1.06 bits per heavy atom. The summed E-state index contributed by atoms with van der Waals surface area (Å²) in [6.45, 7) is 6.71. The zero-order valence-electron chi connectivity index (χ0n) is 20.2. The number of nitrogens with zero attached hydrogens (tertiary/aromatic N) is 2. The van der Waals surface area contributed by atoms with Gasteiger partial charge in [0.2, 0.25) is 0 Å². The van der Waals surface area contributed by atoms with E-state index in [2.05, 4.69) is 125 Å². The minimum atomic E-state index is -0.00450. The molecule has 164 valence electrons. The molecule has 0 unspecified atom stereocenters. The number of anilines is 2. The Hall–Kier alpha value is -2.94. The average molecular weight is 417 g/mol. The summed E-state index contributed by atoms with van der Waals surface area (Å²) in [6.07, 6.45) is 0. The number of methoxy groups -OCH3 is 1. The largest absolute Gasteiger partial charge is 0.496 e. The van der Waals surface area contributed by atoms with Crippen LogP contribution in [0.4, 0.5) is 11.4 Å². The van der Waals surface area contributed by atoms with Gasteiger partial charge in [-0.15, -0.1) is 0 Å². The number of hydrogen-bond acceptors (Lipinski definition) is 3. The van der Waals surface area contributed by atoms with Crippen LogP contribution in [0.1, 0.15) is 48.9 Å². The van der Waals surface area contributed by atoms with Crippen molar-refractivity contribution < 1.29 is 4.74 Å². The van der Waals surface area contributed by atoms with Crippen molar-refractivity contribution in [3.8, 4) is 5.75 Å². The van der Waals surface area contributed by atoms with Gasteiger partial charge in [0.25, 0.3) is 0 Å². The SMILES string of the molecule is COc1ccc(C(c2ccc(N(C)C)cc2)c2ccc(N(C)C)cc2)cc1C(C)(C)C. The van der Waals surface area contributed by atoms with Crippen molar-refractivity contribution in [2.24, 2.45) is 0 Å². The summed E-state index contributed by atoms with van der Waals surface area (Å²) in [6, 6.07) is 24.4. The van der Waals surface area contributed by atoms with E-state index in [-0.39, 0.29) is 11.3 Å². The lowest BCUT2D eigenvalue weighted by atomic mass is 9.80. The monoisotopic (exact) mass is 416 g/mol. The summed E-state index contributed by atoms with van der Waals surface area (Å²) in [5.41, 5.74) is 7.48. The second-order valence-electron chi connectivity index (χ2n) is 9.61. The molecule has 0 heterocycles. The normalized spacial score (nSPS) is 11.5. The molecule has 3 aromatic rings. The molecule has 0 aromatic heterocycles. The molecule has 0 saturated heterocycles. The molecule has 0 aliphatic rings. The van der Waals surface area contributed by atoms with Gasteiger partial charge in [0.15, 0.2) is 0 Å². The highest BCUT2D eigenvalue weighted by Gasteiger charge is 2.23. The van der Waals surface area contributed by atoms with Crippen LogP contribution < -0.4 is 14.5 Å². The second-order valence-corrected chi connectivity index (χ2v) is 9.61. The van der Waals surface area contributed by atoms with E-state index in [0.717, 1.165) is 5.75 Å². The lowest BCUT2D eigenvalue weighted by Gasteiger charge is -2.26. The zero-order chi connectivity index (χ0) is 22.8. The van der Waals surface area contributed by atoms with E-state index < -0.39 is 0 Å². The maximum absolute atomic E-state index is 5.69. The molecule has 0 atom stereocenters. The minimum absolute atomic E-state index is 0.00450. The van der Waals surface area contributed by atoms with Crippen molar-refractivity contribution in [3.05, 3.63) is 89.0 Å². The van der Waals surface area contributed by atoms with Gasteiger partial charge < -0.3 is 14.5 Å². The first-order valence-corrected chi connectivity index (χ1v) is 10.8. The molecule has 0 amide bonds. The lowest BCUT2D eigenvalue weighted by Crippen LogP contribution is -2.15. The third-order valence-electron chi connectivity index (χ3n) is 5.85. The van der Waals surface area contributed by atoms with Gasteiger partial charge >= 0.3 is 0 Å². The minimum Gasteiger partial charge on any atom is -0.496 e. The summed E-state index contributed by atoms with van der Waals surface area (Å²) in [4.78, 5) is 4.27. The van der Waals surface area contributed by atoms with Gasteiger partial charge in [0.05, 0.1) is 7.11 Å². The predicted molar refractivity (Wildman–Crippen MR) is 134 cm³/mol. The Labute approximate surface area is 188 Å². The van der Waals surface area contributed by atoms with E-state index in [1.807, 2.05) is 0 Å². The van der Waals surface area contributed by atoms with Gasteiger partial charge in [-0.25, -0.2) is 0 Å². The first-order chi connectivity index (χ1) is 14.6. The molecule has 31 heavy (non-hydrogen) atoms. The summed E-state index contributed by atoms with van der Waals surface area (Å²) in [7, 11) is 10.1. The third kappa shape index (κ3) is 5.04. The molecule has 0 spiro atoms. The Bertz CT molecular complexity index is 945. The highest BCUT2D eigenvalue weighted by atomic mass is 16.5. The summed E-state index contributed by atoms with van der Waals surface area (Å²) in [5.74, 6) is 1.10. The number of ether oxygens (including phenoxy) is 1. The fraction of sp³-hybridized carbons (Fsp3) is 0.357. The smallest absolute Gasteiger partial charge is 0.122 e. The van der Waals surface area contributed by atoms with E-state index in [4.69, 9.17) is 4.74 Å². The third-order valence-corrected chi connectivity index (χ3v) is 5.85. The van der Waals surface area contributed by atoms with Crippen molar-refractivity contribution in [1.29, 1.82) is 0 Å². The van der Waals surface area contributed by atoms with Gasteiger partial charge in [-0.1, -0.05) is 57.2 Å². The van der Waals surface area contributed by atoms with Crippen LogP contribution in [-0.2, 0) is 5.41 Å². The Morgan fingerprint density at radius 3 is 1.42 bits per heavy atom. The van der Waals surface area contributed by atoms with Crippen LogP contribution in [0.3, 0.4) is 0 Å². The van der Waals surface area contributed by atoms with Crippen LogP contribution >= 0.6 is 0 Å². The molecule has 0 saturated carbocycles. The van der Waals surface area contributed by atoms with Crippen LogP contribution in [0.5, 0.6) is 5.75 Å². The molecule has 3 rings (SSSR count). The number of benzene rings is 3. The molecular weight excluding hydrogens is 380 g/mol. The molecule has 0 N–H and O–H groups in total. The fourth-order valence-electron chi connectivity index (χ4n) is 4.00. The van der Waals surface area contributed by atoms with Gasteiger partial charge in [-0.05, 0) is 58.0 Å². The van der Waals surface area contributed by atoms with E-state index in [0.29, 0.717) is 0 Å². The van der Waals surface area contributed by atoms with Crippen molar-refractivity contribution in [2.75, 3.05) is 45.1 Å². The fourth-order valence-corrected chi connectivity index (χ4v) is 4.00. The molecule has 0 aliphatic carbocycles. The molecule has 0 radical (unpaired) electrons. The van der Waals surface area contributed by atoms with Crippen molar-refractivity contribution in [3.63, 3.8) is 0 Å². The Balaban J connectivity index is 2.16. The number of rotatable bonds is 6. The van der Waals surface area contributed by atoms with Gasteiger partial charge in [-0.2, -0.15) is 0 Å². The number of hydrogen-bond donors (Lipinski definition) is 0. The Morgan fingerprint density at radius 1 is 0.645 bits per heavy atom. The summed E-state index contributed by atoms with van der Waals surface area (Å²) in [5, 5.41) is 0. The summed E-state index contributed by atoms with van der Waals surface area (Å²) >= 11 is 0. The first-order valence-electron chi connectivity index (χ1n) is 10.8. The van der Waals surface area contributed by atoms with Crippen molar-refractivity contribution in [1.82, 2.24) is 0 Å². The molecule has 0 aliphatic heterocycles. The molecule has 3 aromatic carbocycles. The van der Waals surface area contributed by atoms with Crippen molar-refractivity contribution >= 4 is 11.4 Å². The molecule has 0 fully saturated rings. The quantitative estimate of drug-likeness (QED) is 0.438. The lowest BCUT2D eigenvalue weighted by molar-refractivity contribution is 0.397. The van der Waals surface area contributed by atoms with E-state index in [1.54, 1.807) is 7.11 Å². The van der Waals surface area contributed by atoms with Crippen molar-refractivity contribution in [2.45, 2.75) is 32.1 Å². The Kier molecular flexibility index (Phi) is 6.64. The molecule has 0 bridgehead atoms. The van der Waals surface area contributed by atoms with Crippen LogP contribution in [0, 0.1) is 0 Å². The van der Waals surface area contributed by atoms with E-state index in [9.17, 15) is 0 Å². The topological polar surface area (TPSA) is 15.7 Å². The molecule has 3 nitrogen and oxygen atoms in total. The highest BCUT2D eigenvalue weighted by Crippen LogP contribution is 2.39. The predicted octanol–water partition coefficient (Wildman–Crippen LogP) is 6.30. The van der Waals surface area contributed by atoms with Gasteiger partial charge in [-0.3, -0.25) is 0 Å². The maximum atomic E-state index is 5.69.